The van der Waals surface area contributed by atoms with Gasteiger partial charge < -0.3 is 5.21 Å². The van der Waals surface area contributed by atoms with Crippen molar-refractivity contribution in [2.45, 2.75) is 0 Å². The molecule has 1 aromatic carbocycles. The molecule has 0 aromatic heterocycles. The molecule has 0 saturated heterocycles. The minimum absolute atomic E-state index is 0.171. The van der Waals surface area contributed by atoms with Gasteiger partial charge in [-0.05, 0) is 12.1 Å². The lowest BCUT2D eigenvalue weighted by Crippen LogP contribution is -2.46. The average Bonchev–Trinajstić information content (AvgIpc) is 2.06. The molecule has 62 valence electrons. The van der Waals surface area contributed by atoms with Crippen molar-refractivity contribution in [2.24, 2.45) is 10.1 Å². The van der Waals surface area contributed by atoms with Gasteiger partial charge in [0.05, 0.1) is 0 Å². The van der Waals surface area contributed by atoms with Crippen molar-refractivity contribution in [3.05, 3.63) is 43.3 Å². The molecule has 0 aliphatic carbocycles. The summed E-state index contributed by atoms with van der Waals surface area (Å²) in [6, 6.07) is 2.29. The number of nitrogens with zero attached hydrogens (tertiary/aromatic N) is 2. The molecule has 5 nitrogen and oxygen atoms in total. The molecule has 0 aliphatic rings. The van der Waals surface area contributed by atoms with Crippen LogP contribution in [0, 0.1) is 0 Å². The summed E-state index contributed by atoms with van der Waals surface area (Å²) in [7, 11) is 1.33. The molecule has 0 saturated carbocycles. The standard InChI is InChI=1S/C7H6N2O3/c1-8-6-5(10)3-2-4(9-12)7(6)11/h2-3,12H,1H3. The van der Waals surface area contributed by atoms with Gasteiger partial charge in [0, 0.05) is 7.05 Å². The molecule has 0 radical (unpaired) electrons. The molecular formula is C7H6N2O3. The molecule has 0 spiro atoms. The van der Waals surface area contributed by atoms with Crippen LogP contribution in [0.5, 0.6) is 0 Å². The number of benzene rings is 1. The Bertz CT molecular complexity index is 495. The van der Waals surface area contributed by atoms with Gasteiger partial charge in [0.1, 0.15) is 0 Å². The number of rotatable bonds is 0. The summed E-state index contributed by atoms with van der Waals surface area (Å²) in [4.78, 5) is 25.5. The van der Waals surface area contributed by atoms with Crippen LogP contribution in [0.2, 0.25) is 0 Å². The first-order chi connectivity index (χ1) is 5.70. The van der Waals surface area contributed by atoms with Gasteiger partial charge >= 0.3 is 0 Å². The molecule has 1 N–H and O–H groups in total. The minimum atomic E-state index is -0.646. The topological polar surface area (TPSA) is 79.1 Å². The summed E-state index contributed by atoms with van der Waals surface area (Å²) in [6.07, 6.45) is 0. The lowest BCUT2D eigenvalue weighted by molar-refractivity contribution is 0.301. The number of hydrogen-bond acceptors (Lipinski definition) is 5. The molecular weight excluding hydrogens is 160 g/mol. The molecule has 0 fully saturated rings. The summed E-state index contributed by atoms with van der Waals surface area (Å²) in [5, 5.41) is 10.6. The highest BCUT2D eigenvalue weighted by Crippen LogP contribution is 1.54. The van der Waals surface area contributed by atoms with E-state index in [0.29, 0.717) is 0 Å². The second kappa shape index (κ2) is 3.08. The van der Waals surface area contributed by atoms with Crippen LogP contribution in [0.15, 0.2) is 31.9 Å². The van der Waals surface area contributed by atoms with E-state index >= 15 is 0 Å². The Balaban J connectivity index is 3.96. The van der Waals surface area contributed by atoms with Gasteiger partial charge in [0.25, 0.3) is 0 Å². The fourth-order valence-corrected chi connectivity index (χ4v) is 0.833. The highest BCUT2D eigenvalue weighted by molar-refractivity contribution is 5.01. The third-order valence-corrected chi connectivity index (χ3v) is 1.41. The van der Waals surface area contributed by atoms with Crippen molar-refractivity contribution < 1.29 is 5.21 Å². The zero-order chi connectivity index (χ0) is 9.14. The van der Waals surface area contributed by atoms with Crippen LogP contribution in [-0.4, -0.2) is 12.3 Å². The van der Waals surface area contributed by atoms with Crippen LogP contribution in [0.3, 0.4) is 0 Å². The third kappa shape index (κ3) is 1.16. The Morgan fingerprint density at radius 2 is 2.00 bits per heavy atom. The van der Waals surface area contributed by atoms with Crippen LogP contribution < -0.4 is 21.6 Å². The zero-order valence-electron chi connectivity index (χ0n) is 6.31. The van der Waals surface area contributed by atoms with E-state index in [2.05, 4.69) is 10.1 Å². The van der Waals surface area contributed by atoms with Gasteiger partial charge in [-0.25, -0.2) is 0 Å². The Kier molecular flexibility index (Phi) is 2.14. The molecule has 0 aliphatic heterocycles. The Morgan fingerprint density at radius 3 is 2.50 bits per heavy atom. The second-order valence-corrected chi connectivity index (χ2v) is 2.08. The van der Waals surface area contributed by atoms with Crippen LogP contribution in [0.1, 0.15) is 0 Å². The molecule has 5 heteroatoms. The minimum Gasteiger partial charge on any atom is -0.410 e. The fraction of sp³-hybridized carbons (Fsp3) is 0.143. The molecule has 0 atom stereocenters. The normalized spacial score (nSPS) is 13.8. The maximum Gasteiger partial charge on any atom is 0.236 e. The first kappa shape index (κ1) is 8.32. The largest absolute Gasteiger partial charge is 0.410 e. The summed E-state index contributed by atoms with van der Waals surface area (Å²) >= 11 is 0. The van der Waals surface area contributed by atoms with Gasteiger partial charge in [0.15, 0.2) is 10.7 Å². The predicted octanol–water partition coefficient (Wildman–Crippen LogP) is -1.90. The van der Waals surface area contributed by atoms with E-state index in [4.69, 9.17) is 5.21 Å². The Hall–Kier alpha value is -1.78. The first-order valence-corrected chi connectivity index (χ1v) is 3.16. The first-order valence-electron chi connectivity index (χ1n) is 3.16. The van der Waals surface area contributed by atoms with E-state index in [-0.39, 0.29) is 10.7 Å². The van der Waals surface area contributed by atoms with Crippen molar-refractivity contribution >= 4 is 0 Å². The van der Waals surface area contributed by atoms with Crippen LogP contribution >= 0.6 is 0 Å². The van der Waals surface area contributed by atoms with Gasteiger partial charge in [-0.15, -0.1) is 0 Å². The SMILES string of the molecule is CN=c1c(=O)ccc(=NO)c1=O. The predicted molar refractivity (Wildman–Crippen MR) is 40.2 cm³/mol. The molecule has 12 heavy (non-hydrogen) atoms. The van der Waals surface area contributed by atoms with Crippen LogP contribution in [-0.2, 0) is 0 Å². The van der Waals surface area contributed by atoms with E-state index in [1.54, 1.807) is 0 Å². The maximum absolute atomic E-state index is 11.1. The van der Waals surface area contributed by atoms with Crippen LogP contribution in [0.4, 0.5) is 0 Å². The van der Waals surface area contributed by atoms with E-state index in [0.717, 1.165) is 12.1 Å². The molecule has 0 amide bonds. The van der Waals surface area contributed by atoms with Gasteiger partial charge in [-0.3, -0.25) is 14.6 Å². The lowest BCUT2D eigenvalue weighted by atomic mass is 10.3. The van der Waals surface area contributed by atoms with E-state index in [1.165, 1.54) is 7.05 Å². The molecule has 1 rings (SSSR count). The van der Waals surface area contributed by atoms with Crippen molar-refractivity contribution in [1.29, 1.82) is 0 Å². The van der Waals surface area contributed by atoms with E-state index in [9.17, 15) is 9.59 Å². The van der Waals surface area contributed by atoms with E-state index in [1.807, 2.05) is 0 Å². The molecule has 0 unspecified atom stereocenters. The summed E-state index contributed by atoms with van der Waals surface area (Å²) in [5.41, 5.74) is -1.11. The number of hydrogen-bond donors (Lipinski definition) is 1. The van der Waals surface area contributed by atoms with E-state index < -0.39 is 10.9 Å². The average molecular weight is 166 g/mol. The van der Waals surface area contributed by atoms with Crippen LogP contribution in [0.25, 0.3) is 0 Å². The van der Waals surface area contributed by atoms with Gasteiger partial charge in [0.2, 0.25) is 10.9 Å². The maximum atomic E-state index is 11.1. The second-order valence-electron chi connectivity index (χ2n) is 2.08. The smallest absolute Gasteiger partial charge is 0.236 e. The quantitative estimate of drug-likeness (QED) is 0.361. The zero-order valence-corrected chi connectivity index (χ0v) is 6.31. The Labute approximate surface area is 66.7 Å². The summed E-state index contributed by atoms with van der Waals surface area (Å²) < 4.78 is 0. The Morgan fingerprint density at radius 1 is 1.33 bits per heavy atom. The third-order valence-electron chi connectivity index (χ3n) is 1.41. The van der Waals surface area contributed by atoms with Crippen molar-refractivity contribution in [3.8, 4) is 0 Å². The highest BCUT2D eigenvalue weighted by atomic mass is 16.4. The summed E-state index contributed by atoms with van der Waals surface area (Å²) in [6.45, 7) is 0. The summed E-state index contributed by atoms with van der Waals surface area (Å²) in [5.74, 6) is 0. The van der Waals surface area contributed by atoms with Gasteiger partial charge in [-0.2, -0.15) is 0 Å². The lowest BCUT2D eigenvalue weighted by Gasteiger charge is -1.80. The van der Waals surface area contributed by atoms with Crippen molar-refractivity contribution in [1.82, 2.24) is 0 Å². The highest BCUT2D eigenvalue weighted by Gasteiger charge is 1.97. The molecule has 1 aromatic rings. The monoisotopic (exact) mass is 166 g/mol. The molecule has 0 bridgehead atoms. The molecule has 0 heterocycles. The fourth-order valence-electron chi connectivity index (χ4n) is 0.833. The van der Waals surface area contributed by atoms with Gasteiger partial charge in [-0.1, -0.05) is 5.16 Å². The van der Waals surface area contributed by atoms with Crippen molar-refractivity contribution in [2.75, 3.05) is 7.05 Å². The van der Waals surface area contributed by atoms with Crippen molar-refractivity contribution in [3.63, 3.8) is 0 Å².